The average molecular weight is 269 g/mol. The summed E-state index contributed by atoms with van der Waals surface area (Å²) in [6, 6.07) is 10.2. The molecule has 2 rings (SSSR count). The highest BCUT2D eigenvalue weighted by Crippen LogP contribution is 2.18. The number of carbonyl (C=O) groups is 1. The highest BCUT2D eigenvalue weighted by Gasteiger charge is 2.06. The molecule has 20 heavy (non-hydrogen) atoms. The third-order valence-electron chi connectivity index (χ3n) is 3.33. The first kappa shape index (κ1) is 14.1. The fraction of sp³-hybridized carbons (Fsp3) is 0.375. The molecule has 4 heteroatoms. The van der Waals surface area contributed by atoms with Crippen LogP contribution in [-0.2, 0) is 11.2 Å². The second kappa shape index (κ2) is 7.34. The van der Waals surface area contributed by atoms with Gasteiger partial charge in [0.25, 0.3) is 0 Å². The van der Waals surface area contributed by atoms with Crippen molar-refractivity contribution in [1.82, 2.24) is 10.3 Å². The van der Waals surface area contributed by atoms with E-state index in [1.54, 1.807) is 0 Å². The Morgan fingerprint density at radius 2 is 2.15 bits per heavy atom. The van der Waals surface area contributed by atoms with Crippen molar-refractivity contribution in [2.45, 2.75) is 32.1 Å². The number of nitriles is 1. The Morgan fingerprint density at radius 1 is 1.30 bits per heavy atom. The van der Waals surface area contributed by atoms with Crippen LogP contribution in [0, 0.1) is 11.3 Å². The summed E-state index contributed by atoms with van der Waals surface area (Å²) >= 11 is 0. The summed E-state index contributed by atoms with van der Waals surface area (Å²) in [4.78, 5) is 14.9. The fourth-order valence-corrected chi connectivity index (χ4v) is 2.23. The third kappa shape index (κ3) is 3.86. The first-order valence-electron chi connectivity index (χ1n) is 7.00. The van der Waals surface area contributed by atoms with E-state index in [0.29, 0.717) is 19.4 Å². The molecule has 0 fully saturated rings. The molecule has 0 unspecified atom stereocenters. The van der Waals surface area contributed by atoms with E-state index >= 15 is 0 Å². The maximum absolute atomic E-state index is 11.7. The zero-order valence-electron chi connectivity index (χ0n) is 11.5. The van der Waals surface area contributed by atoms with Gasteiger partial charge in [-0.1, -0.05) is 18.2 Å². The average Bonchev–Trinajstić information content (AvgIpc) is 2.88. The number of carbonyl (C=O) groups excluding carboxylic acids is 1. The van der Waals surface area contributed by atoms with Gasteiger partial charge in [0.05, 0.1) is 6.07 Å². The topological polar surface area (TPSA) is 68.7 Å². The van der Waals surface area contributed by atoms with Gasteiger partial charge in [0, 0.05) is 36.5 Å². The normalized spacial score (nSPS) is 10.3. The van der Waals surface area contributed by atoms with E-state index in [9.17, 15) is 4.79 Å². The van der Waals surface area contributed by atoms with E-state index in [0.717, 1.165) is 24.8 Å². The molecule has 0 bridgehead atoms. The number of unbranched alkanes of at least 4 members (excludes halogenated alkanes) is 2. The van der Waals surface area contributed by atoms with Crippen LogP contribution in [0.5, 0.6) is 0 Å². The van der Waals surface area contributed by atoms with Gasteiger partial charge >= 0.3 is 0 Å². The molecule has 1 aromatic heterocycles. The van der Waals surface area contributed by atoms with E-state index in [1.165, 1.54) is 10.9 Å². The van der Waals surface area contributed by atoms with Crippen molar-refractivity contribution in [2.75, 3.05) is 6.54 Å². The lowest BCUT2D eigenvalue weighted by molar-refractivity contribution is -0.121. The molecule has 1 aromatic carbocycles. The van der Waals surface area contributed by atoms with Gasteiger partial charge in [-0.25, -0.2) is 0 Å². The minimum atomic E-state index is 0.0761. The molecule has 104 valence electrons. The zero-order chi connectivity index (χ0) is 14.2. The molecule has 2 aromatic rings. The maximum atomic E-state index is 11.7. The molecule has 1 amide bonds. The summed E-state index contributed by atoms with van der Waals surface area (Å²) in [5.41, 5.74) is 2.29. The molecule has 1 heterocycles. The Bertz CT molecular complexity index is 609. The number of nitrogens with one attached hydrogen (secondary N) is 2. The second-order valence-corrected chi connectivity index (χ2v) is 4.82. The predicted octanol–water partition coefficient (Wildman–Crippen LogP) is 2.91. The lowest BCUT2D eigenvalue weighted by Gasteiger charge is -2.04. The van der Waals surface area contributed by atoms with Crippen LogP contribution in [0.25, 0.3) is 10.9 Å². The third-order valence-corrected chi connectivity index (χ3v) is 3.33. The maximum Gasteiger partial charge on any atom is 0.220 e. The molecule has 0 radical (unpaired) electrons. The van der Waals surface area contributed by atoms with Crippen LogP contribution in [0.3, 0.4) is 0 Å². The standard InChI is InChI=1S/C16H19N3O/c17-10-4-1-5-11-18-16(20)9-8-13-12-19-15-7-3-2-6-14(13)15/h2-3,6-7,12,19H,1,4-5,8-9,11H2,(H,18,20). The van der Waals surface area contributed by atoms with Crippen LogP contribution in [0.4, 0.5) is 0 Å². The molecule has 0 atom stereocenters. The fourth-order valence-electron chi connectivity index (χ4n) is 2.23. The molecule has 0 spiro atoms. The van der Waals surface area contributed by atoms with Gasteiger partial charge in [-0.15, -0.1) is 0 Å². The van der Waals surface area contributed by atoms with Crippen LogP contribution in [0.15, 0.2) is 30.5 Å². The number of aromatic nitrogens is 1. The van der Waals surface area contributed by atoms with Gasteiger partial charge in [0.1, 0.15) is 0 Å². The van der Waals surface area contributed by atoms with E-state index in [1.807, 2.05) is 24.4 Å². The Morgan fingerprint density at radius 3 is 3.00 bits per heavy atom. The molecule has 0 aliphatic heterocycles. The zero-order valence-corrected chi connectivity index (χ0v) is 11.5. The van der Waals surface area contributed by atoms with E-state index in [-0.39, 0.29) is 5.91 Å². The minimum absolute atomic E-state index is 0.0761. The van der Waals surface area contributed by atoms with E-state index in [4.69, 9.17) is 5.26 Å². The van der Waals surface area contributed by atoms with Gasteiger partial charge in [0.15, 0.2) is 0 Å². The van der Waals surface area contributed by atoms with Crippen LogP contribution >= 0.6 is 0 Å². The quantitative estimate of drug-likeness (QED) is 0.759. The largest absolute Gasteiger partial charge is 0.361 e. The summed E-state index contributed by atoms with van der Waals surface area (Å²) in [5, 5.41) is 12.5. The van der Waals surface area contributed by atoms with Crippen molar-refractivity contribution >= 4 is 16.8 Å². The van der Waals surface area contributed by atoms with E-state index in [2.05, 4.69) is 22.4 Å². The smallest absolute Gasteiger partial charge is 0.220 e. The Labute approximate surface area is 118 Å². The summed E-state index contributed by atoms with van der Waals surface area (Å²) in [5.74, 6) is 0.0761. The molecule has 4 nitrogen and oxygen atoms in total. The molecule has 2 N–H and O–H groups in total. The number of H-pyrrole nitrogens is 1. The number of para-hydroxylation sites is 1. The van der Waals surface area contributed by atoms with Crippen molar-refractivity contribution in [1.29, 1.82) is 5.26 Å². The Kier molecular flexibility index (Phi) is 5.19. The lowest BCUT2D eigenvalue weighted by Crippen LogP contribution is -2.24. The Hall–Kier alpha value is -2.28. The molecular formula is C16H19N3O. The second-order valence-electron chi connectivity index (χ2n) is 4.82. The molecule has 0 saturated heterocycles. The number of hydrogen-bond donors (Lipinski definition) is 2. The van der Waals surface area contributed by atoms with Crippen LogP contribution < -0.4 is 5.32 Å². The van der Waals surface area contributed by atoms with Crippen molar-refractivity contribution in [2.24, 2.45) is 0 Å². The molecule has 0 saturated carbocycles. The number of benzene rings is 1. The number of amides is 1. The van der Waals surface area contributed by atoms with E-state index < -0.39 is 0 Å². The van der Waals surface area contributed by atoms with Gasteiger partial charge in [-0.2, -0.15) is 5.26 Å². The summed E-state index contributed by atoms with van der Waals surface area (Å²) in [7, 11) is 0. The Balaban J connectivity index is 1.75. The van der Waals surface area contributed by atoms with Crippen LogP contribution in [-0.4, -0.2) is 17.4 Å². The van der Waals surface area contributed by atoms with Crippen molar-refractivity contribution in [3.63, 3.8) is 0 Å². The number of fused-ring (bicyclic) bond motifs is 1. The summed E-state index contributed by atoms with van der Waals surface area (Å²) < 4.78 is 0. The number of aromatic amines is 1. The molecule has 0 aliphatic rings. The monoisotopic (exact) mass is 269 g/mol. The predicted molar refractivity (Wildman–Crippen MR) is 79.1 cm³/mol. The van der Waals surface area contributed by atoms with Crippen molar-refractivity contribution < 1.29 is 4.79 Å². The number of rotatable bonds is 7. The van der Waals surface area contributed by atoms with Crippen LogP contribution in [0.1, 0.15) is 31.2 Å². The first-order chi connectivity index (χ1) is 9.81. The minimum Gasteiger partial charge on any atom is -0.361 e. The molecule has 0 aliphatic carbocycles. The molecular weight excluding hydrogens is 250 g/mol. The van der Waals surface area contributed by atoms with Gasteiger partial charge in [-0.3, -0.25) is 4.79 Å². The van der Waals surface area contributed by atoms with Gasteiger partial charge in [-0.05, 0) is 30.9 Å². The van der Waals surface area contributed by atoms with Crippen molar-refractivity contribution in [3.05, 3.63) is 36.0 Å². The number of hydrogen-bond acceptors (Lipinski definition) is 2. The van der Waals surface area contributed by atoms with Gasteiger partial charge < -0.3 is 10.3 Å². The van der Waals surface area contributed by atoms with Crippen molar-refractivity contribution in [3.8, 4) is 6.07 Å². The van der Waals surface area contributed by atoms with Gasteiger partial charge in [0.2, 0.25) is 5.91 Å². The summed E-state index contributed by atoms with van der Waals surface area (Å²) in [6.07, 6.45) is 5.50. The highest BCUT2D eigenvalue weighted by molar-refractivity contribution is 5.84. The number of nitrogens with zero attached hydrogens (tertiary/aromatic N) is 1. The lowest BCUT2D eigenvalue weighted by atomic mass is 10.1. The SMILES string of the molecule is N#CCCCCNC(=O)CCc1c[nH]c2ccccc12. The number of aryl methyl sites for hydroxylation is 1. The summed E-state index contributed by atoms with van der Waals surface area (Å²) in [6.45, 7) is 0.661. The first-order valence-corrected chi connectivity index (χ1v) is 7.00. The highest BCUT2D eigenvalue weighted by atomic mass is 16.1. The van der Waals surface area contributed by atoms with Crippen LogP contribution in [0.2, 0.25) is 0 Å².